The monoisotopic (exact) mass is 341 g/mol. The minimum atomic E-state index is -0.164. The molecular formula is C20H27N3O2. The maximum atomic E-state index is 12.4. The van der Waals surface area contributed by atoms with Gasteiger partial charge in [-0.2, -0.15) is 0 Å². The molecule has 25 heavy (non-hydrogen) atoms. The van der Waals surface area contributed by atoms with E-state index in [2.05, 4.69) is 24.1 Å². The van der Waals surface area contributed by atoms with Gasteiger partial charge in [0, 0.05) is 23.5 Å². The Hall–Kier alpha value is -2.53. The molecule has 134 valence electrons. The number of nitrogen functional groups attached to an aromatic ring is 1. The summed E-state index contributed by atoms with van der Waals surface area (Å²) in [6.45, 7) is 9.77. The Kier molecular flexibility index (Phi) is 6.83. The maximum Gasteiger partial charge on any atom is 0.255 e. The van der Waals surface area contributed by atoms with Gasteiger partial charge in [-0.15, -0.1) is 0 Å². The first kappa shape index (κ1) is 18.8. The third-order valence-corrected chi connectivity index (χ3v) is 4.20. The highest BCUT2D eigenvalue weighted by Crippen LogP contribution is 2.20. The molecule has 1 amide bonds. The van der Waals surface area contributed by atoms with Crippen LogP contribution in [0.1, 0.15) is 29.8 Å². The highest BCUT2D eigenvalue weighted by molar-refractivity contribution is 6.04. The number of rotatable bonds is 8. The molecule has 0 aromatic heterocycles. The van der Waals surface area contributed by atoms with Crippen LogP contribution in [0.5, 0.6) is 5.75 Å². The molecule has 0 atom stereocenters. The summed E-state index contributed by atoms with van der Waals surface area (Å²) in [4.78, 5) is 14.7. The van der Waals surface area contributed by atoms with Gasteiger partial charge in [-0.05, 0) is 62.0 Å². The van der Waals surface area contributed by atoms with E-state index in [1.807, 2.05) is 31.2 Å². The molecule has 0 aliphatic carbocycles. The van der Waals surface area contributed by atoms with Gasteiger partial charge in [-0.3, -0.25) is 4.79 Å². The van der Waals surface area contributed by atoms with Crippen LogP contribution in [-0.2, 0) is 0 Å². The second-order valence-electron chi connectivity index (χ2n) is 5.93. The SMILES string of the molecule is CCN(CC)CCOc1ccc(C(=O)Nc2cc(N)ccc2C)cc1. The number of nitrogens with two attached hydrogens (primary N) is 1. The number of ether oxygens (including phenoxy) is 1. The zero-order valence-electron chi connectivity index (χ0n) is 15.2. The van der Waals surface area contributed by atoms with E-state index < -0.39 is 0 Å². The molecule has 0 heterocycles. The molecule has 2 aromatic rings. The summed E-state index contributed by atoms with van der Waals surface area (Å²) in [5.74, 6) is 0.604. The first-order valence-corrected chi connectivity index (χ1v) is 8.66. The summed E-state index contributed by atoms with van der Waals surface area (Å²) in [5.41, 5.74) is 8.68. The van der Waals surface area contributed by atoms with Crippen LogP contribution in [0, 0.1) is 6.92 Å². The van der Waals surface area contributed by atoms with Crippen LogP contribution in [0.3, 0.4) is 0 Å². The van der Waals surface area contributed by atoms with Gasteiger partial charge in [0.25, 0.3) is 5.91 Å². The quantitative estimate of drug-likeness (QED) is 0.721. The first-order chi connectivity index (χ1) is 12.0. The molecule has 2 rings (SSSR count). The predicted octanol–water partition coefficient (Wildman–Crippen LogP) is 3.55. The number of benzene rings is 2. The Morgan fingerprint density at radius 3 is 2.44 bits per heavy atom. The molecule has 5 nitrogen and oxygen atoms in total. The van der Waals surface area contributed by atoms with Gasteiger partial charge < -0.3 is 20.7 Å². The molecule has 5 heteroatoms. The maximum absolute atomic E-state index is 12.4. The van der Waals surface area contributed by atoms with Gasteiger partial charge in [-0.25, -0.2) is 0 Å². The standard InChI is InChI=1S/C20H27N3O2/c1-4-23(5-2)12-13-25-18-10-7-16(8-11-18)20(24)22-19-14-17(21)9-6-15(19)3/h6-11,14H,4-5,12-13,21H2,1-3H3,(H,22,24). The number of aryl methyl sites for hydroxylation is 1. The number of anilines is 2. The minimum absolute atomic E-state index is 0.164. The van der Waals surface area contributed by atoms with Gasteiger partial charge >= 0.3 is 0 Å². The zero-order chi connectivity index (χ0) is 18.2. The third-order valence-electron chi connectivity index (χ3n) is 4.20. The normalized spacial score (nSPS) is 10.7. The lowest BCUT2D eigenvalue weighted by Gasteiger charge is -2.18. The van der Waals surface area contributed by atoms with Crippen molar-refractivity contribution in [2.45, 2.75) is 20.8 Å². The fourth-order valence-electron chi connectivity index (χ4n) is 2.50. The van der Waals surface area contributed by atoms with Crippen LogP contribution in [0.15, 0.2) is 42.5 Å². The van der Waals surface area contributed by atoms with Crippen molar-refractivity contribution in [1.82, 2.24) is 4.90 Å². The smallest absolute Gasteiger partial charge is 0.255 e. The number of nitrogens with zero attached hydrogens (tertiary/aromatic N) is 1. The molecule has 0 saturated carbocycles. The van der Waals surface area contributed by atoms with Crippen LogP contribution < -0.4 is 15.8 Å². The van der Waals surface area contributed by atoms with E-state index in [1.165, 1.54) is 0 Å². The fourth-order valence-corrected chi connectivity index (χ4v) is 2.50. The van der Waals surface area contributed by atoms with Gasteiger partial charge in [0.2, 0.25) is 0 Å². The predicted molar refractivity (Wildman–Crippen MR) is 103 cm³/mol. The number of nitrogens with one attached hydrogen (secondary N) is 1. The lowest BCUT2D eigenvalue weighted by atomic mass is 10.1. The van der Waals surface area contributed by atoms with Crippen molar-refractivity contribution in [2.24, 2.45) is 0 Å². The number of carbonyl (C=O) groups excluding carboxylic acids is 1. The number of hydrogen-bond donors (Lipinski definition) is 2. The van der Waals surface area contributed by atoms with E-state index in [0.717, 1.165) is 36.6 Å². The Bertz CT molecular complexity index is 695. The molecular weight excluding hydrogens is 314 g/mol. The summed E-state index contributed by atoms with van der Waals surface area (Å²) >= 11 is 0. The Morgan fingerprint density at radius 2 is 1.80 bits per heavy atom. The van der Waals surface area contributed by atoms with Crippen molar-refractivity contribution >= 4 is 17.3 Å². The van der Waals surface area contributed by atoms with E-state index in [4.69, 9.17) is 10.5 Å². The van der Waals surface area contributed by atoms with Crippen LogP contribution >= 0.6 is 0 Å². The molecule has 0 radical (unpaired) electrons. The van der Waals surface area contributed by atoms with E-state index in [9.17, 15) is 4.79 Å². The Labute approximate surface area is 149 Å². The second-order valence-corrected chi connectivity index (χ2v) is 5.93. The highest BCUT2D eigenvalue weighted by Gasteiger charge is 2.08. The minimum Gasteiger partial charge on any atom is -0.492 e. The summed E-state index contributed by atoms with van der Waals surface area (Å²) in [5, 5.41) is 2.89. The molecule has 3 N–H and O–H groups in total. The molecule has 0 aliphatic rings. The molecule has 0 unspecified atom stereocenters. The Morgan fingerprint density at radius 1 is 1.12 bits per heavy atom. The van der Waals surface area contributed by atoms with Crippen molar-refractivity contribution < 1.29 is 9.53 Å². The zero-order valence-corrected chi connectivity index (χ0v) is 15.2. The van der Waals surface area contributed by atoms with Crippen LogP contribution in [0.25, 0.3) is 0 Å². The van der Waals surface area contributed by atoms with E-state index in [-0.39, 0.29) is 5.91 Å². The molecule has 0 spiro atoms. The van der Waals surface area contributed by atoms with E-state index in [1.54, 1.807) is 18.2 Å². The molecule has 0 aliphatic heterocycles. The number of hydrogen-bond acceptors (Lipinski definition) is 4. The Balaban J connectivity index is 1.92. The summed E-state index contributed by atoms with van der Waals surface area (Å²) in [7, 11) is 0. The second kappa shape index (κ2) is 9.08. The first-order valence-electron chi connectivity index (χ1n) is 8.66. The summed E-state index contributed by atoms with van der Waals surface area (Å²) < 4.78 is 5.74. The van der Waals surface area contributed by atoms with Gasteiger partial charge in [-0.1, -0.05) is 19.9 Å². The van der Waals surface area contributed by atoms with Gasteiger partial charge in [0.1, 0.15) is 12.4 Å². The molecule has 0 saturated heterocycles. The number of likely N-dealkylation sites (N-methyl/N-ethyl adjacent to an activating group) is 1. The van der Waals surface area contributed by atoms with Crippen LogP contribution in [0.2, 0.25) is 0 Å². The van der Waals surface area contributed by atoms with Gasteiger partial charge in [0.15, 0.2) is 0 Å². The third kappa shape index (κ3) is 5.50. The van der Waals surface area contributed by atoms with Crippen molar-refractivity contribution in [2.75, 3.05) is 37.3 Å². The lowest BCUT2D eigenvalue weighted by molar-refractivity contribution is 0.102. The highest BCUT2D eigenvalue weighted by atomic mass is 16.5. The lowest BCUT2D eigenvalue weighted by Crippen LogP contribution is -2.27. The topological polar surface area (TPSA) is 67.6 Å². The average Bonchev–Trinajstić information content (AvgIpc) is 2.62. The largest absolute Gasteiger partial charge is 0.492 e. The fraction of sp³-hybridized carbons (Fsp3) is 0.350. The number of carbonyl (C=O) groups is 1. The van der Waals surface area contributed by atoms with Gasteiger partial charge in [0.05, 0.1) is 0 Å². The van der Waals surface area contributed by atoms with Crippen LogP contribution in [-0.4, -0.2) is 37.0 Å². The summed E-state index contributed by atoms with van der Waals surface area (Å²) in [6, 6.07) is 12.6. The molecule has 0 fully saturated rings. The van der Waals surface area contributed by atoms with Crippen molar-refractivity contribution in [3.8, 4) is 5.75 Å². The molecule has 2 aromatic carbocycles. The van der Waals surface area contributed by atoms with E-state index in [0.29, 0.717) is 17.9 Å². The molecule has 0 bridgehead atoms. The van der Waals surface area contributed by atoms with Crippen molar-refractivity contribution in [1.29, 1.82) is 0 Å². The van der Waals surface area contributed by atoms with Crippen molar-refractivity contribution in [3.63, 3.8) is 0 Å². The summed E-state index contributed by atoms with van der Waals surface area (Å²) in [6.07, 6.45) is 0. The number of amides is 1. The average molecular weight is 341 g/mol. The van der Waals surface area contributed by atoms with Crippen LogP contribution in [0.4, 0.5) is 11.4 Å². The van der Waals surface area contributed by atoms with E-state index >= 15 is 0 Å². The van der Waals surface area contributed by atoms with Crippen molar-refractivity contribution in [3.05, 3.63) is 53.6 Å².